The molecule has 200 valence electrons. The van der Waals surface area contributed by atoms with Crippen LogP contribution in [-0.4, -0.2) is 52.6 Å². The quantitative estimate of drug-likeness (QED) is 0.0867. The molecule has 3 aliphatic rings. The Labute approximate surface area is 226 Å². The number of hydrogen-bond donors (Lipinski definition) is 4. The number of aromatic carboxylic acids is 1. The van der Waals surface area contributed by atoms with Crippen LogP contribution in [0.3, 0.4) is 0 Å². The minimum Gasteiger partial charge on any atom is -0.478 e. The van der Waals surface area contributed by atoms with E-state index in [4.69, 9.17) is 15.6 Å². The number of nitrogens with two attached hydrogens (primary N) is 1. The number of nitrogen functional groups attached to an aromatic ring is 1. The number of ketones is 1. The third kappa shape index (κ3) is 4.95. The second-order valence-corrected chi connectivity index (χ2v) is 9.12. The van der Waals surface area contributed by atoms with Gasteiger partial charge in [0.1, 0.15) is 11.3 Å². The van der Waals surface area contributed by atoms with E-state index in [0.29, 0.717) is 39.1 Å². The lowest BCUT2D eigenvalue weighted by Crippen LogP contribution is -2.38. The summed E-state index contributed by atoms with van der Waals surface area (Å²) >= 11 is 0. The lowest BCUT2D eigenvalue weighted by atomic mass is 9.89. The Morgan fingerprint density at radius 2 is 1.68 bits per heavy atom. The first-order valence-corrected chi connectivity index (χ1v) is 12.1. The van der Waals surface area contributed by atoms with Gasteiger partial charge in [0.2, 0.25) is 5.91 Å². The Hall–Kier alpha value is -5.58. The molecule has 2 heterocycles. The van der Waals surface area contributed by atoms with E-state index in [2.05, 4.69) is 5.32 Å². The van der Waals surface area contributed by atoms with Crippen molar-refractivity contribution >= 4 is 46.1 Å². The Morgan fingerprint density at radius 1 is 0.950 bits per heavy atom. The molecule has 11 heteroatoms. The van der Waals surface area contributed by atoms with Gasteiger partial charge in [-0.2, -0.15) is 0 Å². The van der Waals surface area contributed by atoms with E-state index in [0.717, 1.165) is 17.1 Å². The number of anilines is 1. The summed E-state index contributed by atoms with van der Waals surface area (Å²) < 4.78 is 5.96. The predicted molar refractivity (Wildman–Crippen MR) is 143 cm³/mol. The van der Waals surface area contributed by atoms with Crippen LogP contribution in [0, 0.1) is 5.41 Å². The molecule has 0 atom stereocenters. The molecule has 0 unspecified atom stereocenters. The highest BCUT2D eigenvalue weighted by Gasteiger charge is 2.25. The van der Waals surface area contributed by atoms with Gasteiger partial charge in [-0.15, -0.1) is 0 Å². The van der Waals surface area contributed by atoms with E-state index in [9.17, 15) is 29.1 Å². The molecule has 0 spiro atoms. The van der Waals surface area contributed by atoms with Crippen molar-refractivity contribution in [2.75, 3.05) is 18.8 Å². The number of hydrogen-bond acceptors (Lipinski definition) is 8. The molecule has 0 aromatic heterocycles. The van der Waals surface area contributed by atoms with Gasteiger partial charge in [-0.25, -0.2) is 4.79 Å². The molecule has 0 saturated heterocycles. The maximum atomic E-state index is 12.9. The molecule has 40 heavy (non-hydrogen) atoms. The summed E-state index contributed by atoms with van der Waals surface area (Å²) in [5.74, 6) is -3.12. The average molecular weight is 539 g/mol. The second kappa shape index (κ2) is 10.3. The lowest BCUT2D eigenvalue weighted by molar-refractivity contribution is -0.137. The summed E-state index contributed by atoms with van der Waals surface area (Å²) in [5, 5.41) is 21.3. The van der Waals surface area contributed by atoms with E-state index in [1.165, 1.54) is 24.3 Å². The molecule has 1 aliphatic carbocycles. The zero-order valence-electron chi connectivity index (χ0n) is 20.9. The number of fused-ring (bicyclic) bond motifs is 2. The highest BCUT2D eigenvalue weighted by Crippen LogP contribution is 2.41. The van der Waals surface area contributed by atoms with Crippen LogP contribution in [-0.2, 0) is 14.4 Å². The van der Waals surface area contributed by atoms with E-state index in [-0.39, 0.29) is 29.6 Å². The molecule has 0 saturated carbocycles. The zero-order valence-corrected chi connectivity index (χ0v) is 20.9. The number of imide groups is 1. The first kappa shape index (κ1) is 26.0. The number of nitrogens with zero attached hydrogens (tertiary/aromatic N) is 1. The molecule has 2 aromatic rings. The number of benzene rings is 3. The molecule has 11 nitrogen and oxygen atoms in total. The van der Waals surface area contributed by atoms with E-state index < -0.39 is 35.9 Å². The van der Waals surface area contributed by atoms with Gasteiger partial charge >= 0.3 is 5.97 Å². The van der Waals surface area contributed by atoms with Crippen LogP contribution >= 0.6 is 0 Å². The van der Waals surface area contributed by atoms with Crippen LogP contribution in [0.4, 0.5) is 5.69 Å². The Morgan fingerprint density at radius 3 is 2.40 bits per heavy atom. The van der Waals surface area contributed by atoms with Gasteiger partial charge in [0, 0.05) is 65.1 Å². The molecule has 2 aliphatic heterocycles. The molecule has 0 fully saturated rings. The van der Waals surface area contributed by atoms with Crippen molar-refractivity contribution in [2.45, 2.75) is 6.42 Å². The van der Waals surface area contributed by atoms with Crippen LogP contribution in [0.1, 0.15) is 27.1 Å². The van der Waals surface area contributed by atoms with E-state index >= 15 is 0 Å². The number of nitrogens with one attached hydrogen (secondary N) is 2. The van der Waals surface area contributed by atoms with Gasteiger partial charge in [0.15, 0.2) is 5.78 Å². The number of Topliss-reactive ketones (excluding diaryl/α,β-unsaturated/α-hetero) is 1. The number of carboxylic acids is 1. The minimum absolute atomic E-state index is 0.0253. The zero-order chi connectivity index (χ0) is 28.6. The van der Waals surface area contributed by atoms with Gasteiger partial charge < -0.3 is 26.0 Å². The summed E-state index contributed by atoms with van der Waals surface area (Å²) in [6.07, 6.45) is 1.71. The van der Waals surface area contributed by atoms with Crippen LogP contribution in [0.2, 0.25) is 0 Å². The van der Waals surface area contributed by atoms with Crippen molar-refractivity contribution in [1.29, 1.82) is 5.41 Å². The predicted octanol–water partition coefficient (Wildman–Crippen LogP) is 2.58. The first-order valence-electron chi connectivity index (χ1n) is 12.1. The summed E-state index contributed by atoms with van der Waals surface area (Å²) in [5.41, 5.74) is 8.06. The van der Waals surface area contributed by atoms with Crippen molar-refractivity contribution < 1.29 is 33.5 Å². The van der Waals surface area contributed by atoms with Crippen molar-refractivity contribution in [2.24, 2.45) is 0 Å². The van der Waals surface area contributed by atoms with Crippen LogP contribution < -0.4 is 16.4 Å². The highest BCUT2D eigenvalue weighted by molar-refractivity contribution is 6.13. The molecule has 0 radical (unpaired) electrons. The molecule has 3 amide bonds. The number of carbonyl (C=O) groups is 5. The van der Waals surface area contributed by atoms with Crippen LogP contribution in [0.5, 0.6) is 0 Å². The third-order valence-corrected chi connectivity index (χ3v) is 6.47. The van der Waals surface area contributed by atoms with Crippen molar-refractivity contribution in [3.63, 3.8) is 0 Å². The van der Waals surface area contributed by atoms with Gasteiger partial charge in [-0.1, -0.05) is 12.1 Å². The monoisotopic (exact) mass is 538 g/mol. The van der Waals surface area contributed by atoms with E-state index in [1.54, 1.807) is 30.3 Å². The molecular weight excluding hydrogens is 516 g/mol. The fourth-order valence-corrected chi connectivity index (χ4v) is 4.58. The Bertz CT molecular complexity index is 1790. The maximum absolute atomic E-state index is 12.9. The number of rotatable bonds is 8. The summed E-state index contributed by atoms with van der Waals surface area (Å²) in [6, 6.07) is 13.9. The van der Waals surface area contributed by atoms with E-state index in [1.807, 2.05) is 0 Å². The summed E-state index contributed by atoms with van der Waals surface area (Å²) in [4.78, 5) is 61.7. The van der Waals surface area contributed by atoms with Crippen molar-refractivity contribution in [3.8, 4) is 22.5 Å². The lowest BCUT2D eigenvalue weighted by Gasteiger charge is -2.17. The van der Waals surface area contributed by atoms with Crippen molar-refractivity contribution in [1.82, 2.24) is 10.2 Å². The summed E-state index contributed by atoms with van der Waals surface area (Å²) in [7, 11) is 0. The standard InChI is InChI=1S/C29H22N4O7/c30-16-2-5-19-23(12-16)40-24-13-17(31)3-6-20(24)28(19)18-4-1-15(11-21(18)29(38)39)22(34)14-25(35)32-9-10-33-26(36)7-8-27(33)37/h1-8,11-13,30H,9-10,14,31H2,(H,32,35)(H,38,39). The van der Waals surface area contributed by atoms with Gasteiger partial charge in [-0.3, -0.25) is 24.1 Å². The number of carbonyl (C=O) groups excluding carboxylic acids is 4. The largest absolute Gasteiger partial charge is 0.478 e. The molecule has 5 rings (SSSR count). The smallest absolute Gasteiger partial charge is 0.336 e. The third-order valence-electron chi connectivity index (χ3n) is 6.47. The molecule has 0 bridgehead atoms. The van der Waals surface area contributed by atoms with Gasteiger partial charge in [0.25, 0.3) is 11.8 Å². The first-order chi connectivity index (χ1) is 19.1. The topological polar surface area (TPSA) is 184 Å². The van der Waals surface area contributed by atoms with Gasteiger partial charge in [0.05, 0.1) is 17.3 Å². The normalized spacial score (nSPS) is 12.8. The summed E-state index contributed by atoms with van der Waals surface area (Å²) in [6.45, 7) is -0.0740. The second-order valence-electron chi connectivity index (χ2n) is 9.12. The molecule has 5 N–H and O–H groups in total. The minimum atomic E-state index is -1.28. The molecular formula is C29H22N4O7. The fraction of sp³-hybridized carbons (Fsp3) is 0.103. The van der Waals surface area contributed by atoms with Crippen molar-refractivity contribution in [3.05, 3.63) is 83.2 Å². The maximum Gasteiger partial charge on any atom is 0.336 e. The van der Waals surface area contributed by atoms with Crippen LogP contribution in [0.15, 0.2) is 71.2 Å². The number of amides is 3. The number of carboxylic acid groups (broad SMARTS) is 1. The van der Waals surface area contributed by atoms with Crippen LogP contribution in [0.25, 0.3) is 33.4 Å². The van der Waals surface area contributed by atoms with Gasteiger partial charge in [-0.05, 0) is 35.9 Å². The Kier molecular flexibility index (Phi) is 6.70. The molecule has 2 aromatic carbocycles. The highest BCUT2D eigenvalue weighted by atomic mass is 16.4. The SMILES string of the molecule is N=c1ccc2c(-c3ccc(C(=O)CC(=O)NCCN4C(=O)C=CC4=O)cc3C(=O)O)c3ccc(N)cc3oc-2c1. The Balaban J connectivity index is 1.44. The fourth-order valence-electron chi connectivity index (χ4n) is 4.58. The average Bonchev–Trinajstić information content (AvgIpc) is 3.23.